The molecule has 4 nitrogen and oxygen atoms in total. The van der Waals surface area contributed by atoms with Gasteiger partial charge in [-0.25, -0.2) is 0 Å². The van der Waals surface area contributed by atoms with Gasteiger partial charge in [-0.2, -0.15) is 0 Å². The number of nitrogens with zero attached hydrogens (tertiary/aromatic N) is 2. The maximum atomic E-state index is 12.6. The van der Waals surface area contributed by atoms with E-state index in [0.717, 1.165) is 42.0 Å². The van der Waals surface area contributed by atoms with E-state index in [0.29, 0.717) is 0 Å². The molecule has 1 unspecified atom stereocenters. The third-order valence-electron chi connectivity index (χ3n) is 3.80. The van der Waals surface area contributed by atoms with Crippen LogP contribution < -0.4 is 0 Å². The van der Waals surface area contributed by atoms with Crippen molar-refractivity contribution < 1.29 is 9.32 Å². The summed E-state index contributed by atoms with van der Waals surface area (Å²) in [5.41, 5.74) is 2.76. The standard InChI is InChI=1S/C16H18N2O2/c1-11-5-7-13(8-6-11)16(19)18-9-3-4-15(18)14-10-12(2)20-17-14/h5-8,10,15H,3-4,9H2,1-2H3. The average Bonchev–Trinajstić information content (AvgIpc) is 3.07. The summed E-state index contributed by atoms with van der Waals surface area (Å²) in [5.74, 6) is 0.864. The second-order valence-electron chi connectivity index (χ2n) is 5.39. The van der Waals surface area contributed by atoms with Crippen molar-refractivity contribution >= 4 is 5.91 Å². The molecule has 0 spiro atoms. The number of carbonyl (C=O) groups is 1. The first-order chi connectivity index (χ1) is 9.65. The van der Waals surface area contributed by atoms with Gasteiger partial charge in [-0.1, -0.05) is 22.9 Å². The van der Waals surface area contributed by atoms with Crippen LogP contribution >= 0.6 is 0 Å². The third kappa shape index (κ3) is 2.33. The lowest BCUT2D eigenvalue weighted by Crippen LogP contribution is -2.30. The number of aryl methyl sites for hydroxylation is 2. The maximum Gasteiger partial charge on any atom is 0.254 e. The monoisotopic (exact) mass is 270 g/mol. The van der Waals surface area contributed by atoms with E-state index in [1.54, 1.807) is 0 Å². The highest BCUT2D eigenvalue weighted by Crippen LogP contribution is 2.32. The highest BCUT2D eigenvalue weighted by Gasteiger charge is 2.32. The summed E-state index contributed by atoms with van der Waals surface area (Å²) in [5, 5.41) is 4.07. The fourth-order valence-electron chi connectivity index (χ4n) is 2.72. The van der Waals surface area contributed by atoms with Gasteiger partial charge in [-0.15, -0.1) is 0 Å². The van der Waals surface area contributed by atoms with E-state index in [-0.39, 0.29) is 11.9 Å². The summed E-state index contributed by atoms with van der Waals surface area (Å²) in [7, 11) is 0. The van der Waals surface area contributed by atoms with Crippen LogP contribution in [0.1, 0.15) is 46.3 Å². The summed E-state index contributed by atoms with van der Waals surface area (Å²) < 4.78 is 5.14. The Kier molecular flexibility index (Phi) is 3.30. The minimum Gasteiger partial charge on any atom is -0.361 e. The molecule has 3 rings (SSSR count). The molecule has 4 heteroatoms. The predicted octanol–water partition coefficient (Wildman–Crippen LogP) is 3.27. The molecule has 0 saturated carbocycles. The van der Waals surface area contributed by atoms with Crippen molar-refractivity contribution in [1.29, 1.82) is 0 Å². The molecule has 1 saturated heterocycles. The predicted molar refractivity (Wildman–Crippen MR) is 75.4 cm³/mol. The van der Waals surface area contributed by atoms with Crippen LogP contribution in [0.25, 0.3) is 0 Å². The Bertz CT molecular complexity index is 616. The summed E-state index contributed by atoms with van der Waals surface area (Å²) >= 11 is 0. The highest BCUT2D eigenvalue weighted by molar-refractivity contribution is 5.94. The van der Waals surface area contributed by atoms with Gasteiger partial charge in [-0.3, -0.25) is 4.79 Å². The lowest BCUT2D eigenvalue weighted by molar-refractivity contribution is 0.0731. The van der Waals surface area contributed by atoms with Gasteiger partial charge in [0.2, 0.25) is 0 Å². The van der Waals surface area contributed by atoms with Crippen LogP contribution in [0, 0.1) is 13.8 Å². The molecule has 1 atom stereocenters. The molecule has 2 aromatic rings. The summed E-state index contributed by atoms with van der Waals surface area (Å²) in [6, 6.07) is 9.69. The van der Waals surface area contributed by atoms with Crippen molar-refractivity contribution in [3.05, 3.63) is 52.9 Å². The lowest BCUT2D eigenvalue weighted by atomic mass is 10.1. The van der Waals surface area contributed by atoms with Gasteiger partial charge in [0.25, 0.3) is 5.91 Å². The molecular formula is C16H18N2O2. The fraction of sp³-hybridized carbons (Fsp3) is 0.375. The third-order valence-corrected chi connectivity index (χ3v) is 3.80. The molecule has 1 aromatic carbocycles. The number of benzene rings is 1. The van der Waals surface area contributed by atoms with Gasteiger partial charge < -0.3 is 9.42 Å². The smallest absolute Gasteiger partial charge is 0.254 e. The topological polar surface area (TPSA) is 46.3 Å². The van der Waals surface area contributed by atoms with Gasteiger partial charge in [0, 0.05) is 18.2 Å². The number of carbonyl (C=O) groups excluding carboxylic acids is 1. The van der Waals surface area contributed by atoms with E-state index >= 15 is 0 Å². The molecule has 20 heavy (non-hydrogen) atoms. The van der Waals surface area contributed by atoms with Crippen LogP contribution in [0.4, 0.5) is 0 Å². The molecule has 0 aliphatic carbocycles. The van der Waals surface area contributed by atoms with Crippen molar-refractivity contribution in [2.45, 2.75) is 32.7 Å². The normalized spacial score (nSPS) is 18.5. The number of hydrogen-bond acceptors (Lipinski definition) is 3. The van der Waals surface area contributed by atoms with Crippen LogP contribution in [0.5, 0.6) is 0 Å². The van der Waals surface area contributed by atoms with Crippen molar-refractivity contribution in [2.24, 2.45) is 0 Å². The molecule has 2 heterocycles. The summed E-state index contributed by atoms with van der Waals surface area (Å²) in [6.07, 6.45) is 1.96. The zero-order valence-corrected chi connectivity index (χ0v) is 11.8. The van der Waals surface area contributed by atoms with E-state index in [1.165, 1.54) is 0 Å². The number of likely N-dealkylation sites (tertiary alicyclic amines) is 1. The zero-order valence-electron chi connectivity index (χ0n) is 11.8. The van der Waals surface area contributed by atoms with Crippen LogP contribution in [-0.2, 0) is 0 Å². The Morgan fingerprint density at radius 2 is 2.05 bits per heavy atom. The largest absolute Gasteiger partial charge is 0.361 e. The second kappa shape index (κ2) is 5.12. The van der Waals surface area contributed by atoms with Crippen LogP contribution in [0.2, 0.25) is 0 Å². The average molecular weight is 270 g/mol. The quantitative estimate of drug-likeness (QED) is 0.841. The molecule has 0 bridgehead atoms. The first kappa shape index (κ1) is 12.9. The Morgan fingerprint density at radius 3 is 2.70 bits per heavy atom. The van der Waals surface area contributed by atoms with Gasteiger partial charge in [0.15, 0.2) is 0 Å². The van der Waals surface area contributed by atoms with Gasteiger partial charge in [-0.05, 0) is 38.8 Å². The molecule has 1 aliphatic rings. The molecule has 1 aromatic heterocycles. The SMILES string of the molecule is Cc1ccc(C(=O)N2CCCC2c2cc(C)on2)cc1. The van der Waals surface area contributed by atoms with Crippen molar-refractivity contribution in [3.63, 3.8) is 0 Å². The Labute approximate surface area is 118 Å². The van der Waals surface area contributed by atoms with E-state index in [2.05, 4.69) is 5.16 Å². The van der Waals surface area contributed by atoms with E-state index in [4.69, 9.17) is 4.52 Å². The van der Waals surface area contributed by atoms with E-state index in [1.807, 2.05) is 49.1 Å². The van der Waals surface area contributed by atoms with E-state index < -0.39 is 0 Å². The lowest BCUT2D eigenvalue weighted by Gasteiger charge is -2.23. The Morgan fingerprint density at radius 1 is 1.30 bits per heavy atom. The van der Waals surface area contributed by atoms with Crippen LogP contribution in [-0.4, -0.2) is 22.5 Å². The second-order valence-corrected chi connectivity index (χ2v) is 5.39. The first-order valence-electron chi connectivity index (χ1n) is 6.96. The van der Waals surface area contributed by atoms with Crippen molar-refractivity contribution in [3.8, 4) is 0 Å². The molecule has 0 N–H and O–H groups in total. The molecule has 104 valence electrons. The number of amides is 1. The molecule has 0 radical (unpaired) electrons. The number of aromatic nitrogens is 1. The van der Waals surface area contributed by atoms with Gasteiger partial charge >= 0.3 is 0 Å². The van der Waals surface area contributed by atoms with Crippen molar-refractivity contribution in [2.75, 3.05) is 6.54 Å². The summed E-state index contributed by atoms with van der Waals surface area (Å²) in [4.78, 5) is 14.5. The molecule has 1 aliphatic heterocycles. The highest BCUT2D eigenvalue weighted by atomic mass is 16.5. The molecule has 1 amide bonds. The molecular weight excluding hydrogens is 252 g/mol. The Hall–Kier alpha value is -2.10. The van der Waals surface area contributed by atoms with Gasteiger partial charge in [0.05, 0.1) is 6.04 Å². The molecule has 1 fully saturated rings. The number of hydrogen-bond donors (Lipinski definition) is 0. The number of rotatable bonds is 2. The van der Waals surface area contributed by atoms with Crippen molar-refractivity contribution in [1.82, 2.24) is 10.1 Å². The summed E-state index contributed by atoms with van der Waals surface area (Å²) in [6.45, 7) is 4.67. The Balaban J connectivity index is 1.85. The van der Waals surface area contributed by atoms with E-state index in [9.17, 15) is 4.79 Å². The fourth-order valence-corrected chi connectivity index (χ4v) is 2.72. The van der Waals surface area contributed by atoms with Crippen LogP contribution in [0.3, 0.4) is 0 Å². The maximum absolute atomic E-state index is 12.6. The minimum absolute atomic E-state index is 0.0428. The van der Waals surface area contributed by atoms with Crippen LogP contribution in [0.15, 0.2) is 34.9 Å². The minimum atomic E-state index is 0.0428. The zero-order chi connectivity index (χ0) is 14.1. The first-order valence-corrected chi connectivity index (χ1v) is 6.96. The van der Waals surface area contributed by atoms with Gasteiger partial charge in [0.1, 0.15) is 11.5 Å².